The first kappa shape index (κ1) is 33.2. The van der Waals surface area contributed by atoms with Crippen molar-refractivity contribution in [2.24, 2.45) is 5.92 Å². The maximum absolute atomic E-state index is 13.2. The second-order valence-corrected chi connectivity index (χ2v) is 10.5. The Bertz CT molecular complexity index is 958. The number of carbonyl (C=O) groups excluding carboxylic acids is 4. The van der Waals surface area contributed by atoms with E-state index in [0.29, 0.717) is 23.9 Å². The Morgan fingerprint density at radius 2 is 1.85 bits per heavy atom. The number of nitrogens with zero attached hydrogens (tertiary/aromatic N) is 1. The van der Waals surface area contributed by atoms with Gasteiger partial charge in [0.1, 0.15) is 19.3 Å². The lowest BCUT2D eigenvalue weighted by molar-refractivity contribution is -0.131. The molecule has 2 atom stereocenters. The average Bonchev–Trinajstić information content (AvgIpc) is 2.94. The Balaban J connectivity index is 1.88. The third kappa shape index (κ3) is 12.9. The molecule has 1 aliphatic rings. The molecule has 4 amide bonds. The van der Waals surface area contributed by atoms with E-state index in [2.05, 4.69) is 16.0 Å². The molecule has 0 unspecified atom stereocenters. The number of aliphatic hydroxyl groups is 1. The minimum atomic E-state index is -0.839. The SMILES string of the molecule is CCNC(=O)OCCN(C)C(=O)CC[C@@H](CO)NC(=O)[C@H](CC1CCCCC1)NC(=O)OCc1cccc(Cl)c1. The molecule has 0 bridgehead atoms. The maximum atomic E-state index is 13.2. The number of benzene rings is 1. The summed E-state index contributed by atoms with van der Waals surface area (Å²) in [5, 5.41) is 18.4. The van der Waals surface area contributed by atoms with E-state index < -0.39 is 30.2 Å². The van der Waals surface area contributed by atoms with Gasteiger partial charge in [-0.05, 0) is 43.4 Å². The van der Waals surface area contributed by atoms with Gasteiger partial charge < -0.3 is 35.4 Å². The average molecular weight is 583 g/mol. The van der Waals surface area contributed by atoms with E-state index in [9.17, 15) is 24.3 Å². The van der Waals surface area contributed by atoms with Crippen molar-refractivity contribution in [2.45, 2.75) is 77.0 Å². The zero-order chi connectivity index (χ0) is 29.3. The Morgan fingerprint density at radius 1 is 1.10 bits per heavy atom. The van der Waals surface area contributed by atoms with Crippen LogP contribution < -0.4 is 16.0 Å². The smallest absolute Gasteiger partial charge is 0.408 e. The molecule has 2 rings (SSSR count). The second-order valence-electron chi connectivity index (χ2n) is 10.1. The normalized spacial score (nSPS) is 14.9. The number of amides is 4. The first-order valence-corrected chi connectivity index (χ1v) is 14.3. The molecule has 1 aromatic carbocycles. The van der Waals surface area contributed by atoms with Crippen molar-refractivity contribution in [1.82, 2.24) is 20.9 Å². The third-order valence-corrected chi connectivity index (χ3v) is 7.08. The van der Waals surface area contributed by atoms with Gasteiger partial charge >= 0.3 is 12.2 Å². The molecule has 0 aromatic heterocycles. The lowest BCUT2D eigenvalue weighted by Gasteiger charge is -2.28. The number of carbonyl (C=O) groups is 4. The van der Waals surface area contributed by atoms with Crippen LogP contribution in [-0.4, -0.2) is 79.4 Å². The monoisotopic (exact) mass is 582 g/mol. The fraction of sp³-hybridized carbons (Fsp3) is 0.643. The van der Waals surface area contributed by atoms with Crippen molar-refractivity contribution in [3.8, 4) is 0 Å². The highest BCUT2D eigenvalue weighted by Crippen LogP contribution is 2.27. The van der Waals surface area contributed by atoms with Crippen molar-refractivity contribution in [3.05, 3.63) is 34.9 Å². The fourth-order valence-corrected chi connectivity index (χ4v) is 4.75. The van der Waals surface area contributed by atoms with Crippen LogP contribution >= 0.6 is 11.6 Å². The van der Waals surface area contributed by atoms with Crippen LogP contribution in [0.1, 0.15) is 63.9 Å². The molecule has 1 saturated carbocycles. The lowest BCUT2D eigenvalue weighted by atomic mass is 9.84. The molecule has 1 aliphatic carbocycles. The molecule has 40 heavy (non-hydrogen) atoms. The molecule has 0 heterocycles. The van der Waals surface area contributed by atoms with Crippen LogP contribution in [0.5, 0.6) is 0 Å². The summed E-state index contributed by atoms with van der Waals surface area (Å²) in [6.45, 7) is 2.14. The van der Waals surface area contributed by atoms with Crippen LogP contribution in [0.2, 0.25) is 5.02 Å². The van der Waals surface area contributed by atoms with E-state index in [1.54, 1.807) is 38.2 Å². The number of aliphatic hydroxyl groups excluding tert-OH is 1. The summed E-state index contributed by atoms with van der Waals surface area (Å²) in [6.07, 6.45) is 4.78. The van der Waals surface area contributed by atoms with E-state index in [-0.39, 0.29) is 45.1 Å². The van der Waals surface area contributed by atoms with Crippen LogP contribution in [0.4, 0.5) is 9.59 Å². The van der Waals surface area contributed by atoms with Gasteiger partial charge in [-0.2, -0.15) is 0 Å². The zero-order valence-corrected chi connectivity index (χ0v) is 24.2. The largest absolute Gasteiger partial charge is 0.448 e. The standard InChI is InChI=1S/C28H43ClN4O7/c1-3-30-27(37)39-15-14-33(2)25(35)13-12-23(18-34)31-26(36)24(17-20-8-5-4-6-9-20)32-28(38)40-19-21-10-7-11-22(29)16-21/h7,10-11,16,20,23-24,34H,3-6,8-9,12-15,17-19H2,1-2H3,(H,30,37)(H,31,36)(H,32,38)/t23-,24-/m0/s1. The Labute approximate surface area is 241 Å². The second kappa shape index (κ2) is 18.3. The molecule has 0 radical (unpaired) electrons. The van der Waals surface area contributed by atoms with Gasteiger partial charge in [-0.1, -0.05) is 55.8 Å². The van der Waals surface area contributed by atoms with Gasteiger partial charge in [0.15, 0.2) is 0 Å². The predicted octanol–water partition coefficient (Wildman–Crippen LogP) is 3.37. The third-order valence-electron chi connectivity index (χ3n) is 6.84. The molecule has 4 N–H and O–H groups in total. The summed E-state index contributed by atoms with van der Waals surface area (Å²) in [6, 6.07) is 5.45. The molecule has 0 saturated heterocycles. The number of halogens is 1. The fourth-order valence-electron chi connectivity index (χ4n) is 4.54. The van der Waals surface area contributed by atoms with Crippen LogP contribution in [0.3, 0.4) is 0 Å². The molecular formula is C28H43ClN4O7. The van der Waals surface area contributed by atoms with Gasteiger partial charge in [-0.3, -0.25) is 9.59 Å². The van der Waals surface area contributed by atoms with Crippen LogP contribution in [-0.2, 0) is 25.7 Å². The van der Waals surface area contributed by atoms with E-state index in [4.69, 9.17) is 21.1 Å². The van der Waals surface area contributed by atoms with Gasteiger partial charge in [0, 0.05) is 25.0 Å². The Kier molecular flexibility index (Phi) is 15.2. The molecule has 224 valence electrons. The summed E-state index contributed by atoms with van der Waals surface area (Å²) in [5.74, 6) is -0.351. The molecular weight excluding hydrogens is 540 g/mol. The summed E-state index contributed by atoms with van der Waals surface area (Å²) < 4.78 is 10.3. The molecule has 12 heteroatoms. The summed E-state index contributed by atoms with van der Waals surface area (Å²) >= 11 is 5.99. The van der Waals surface area contributed by atoms with Gasteiger partial charge in [0.05, 0.1) is 19.2 Å². The van der Waals surface area contributed by atoms with Crippen LogP contribution in [0.25, 0.3) is 0 Å². The minimum absolute atomic E-state index is 0.00731. The Hall–Kier alpha value is -3.05. The topological polar surface area (TPSA) is 146 Å². The molecule has 0 aliphatic heterocycles. The highest BCUT2D eigenvalue weighted by Gasteiger charge is 2.28. The summed E-state index contributed by atoms with van der Waals surface area (Å²) in [7, 11) is 1.59. The summed E-state index contributed by atoms with van der Waals surface area (Å²) in [5.41, 5.74) is 0.724. The van der Waals surface area contributed by atoms with Crippen molar-refractivity contribution in [1.29, 1.82) is 0 Å². The quantitative estimate of drug-likeness (QED) is 0.248. The number of likely N-dealkylation sites (N-methyl/N-ethyl adjacent to an activating group) is 1. The van der Waals surface area contributed by atoms with Gasteiger partial charge in [0.25, 0.3) is 0 Å². The molecule has 1 fully saturated rings. The molecule has 1 aromatic rings. The lowest BCUT2D eigenvalue weighted by Crippen LogP contribution is -2.51. The Morgan fingerprint density at radius 3 is 2.52 bits per heavy atom. The van der Waals surface area contributed by atoms with E-state index in [1.165, 1.54) is 4.90 Å². The highest BCUT2D eigenvalue weighted by atomic mass is 35.5. The van der Waals surface area contributed by atoms with Crippen molar-refractivity contribution >= 4 is 35.6 Å². The number of ether oxygens (including phenoxy) is 2. The maximum Gasteiger partial charge on any atom is 0.408 e. The van der Waals surface area contributed by atoms with Crippen molar-refractivity contribution in [2.75, 3.05) is 33.4 Å². The number of nitrogens with one attached hydrogen (secondary N) is 3. The zero-order valence-electron chi connectivity index (χ0n) is 23.5. The summed E-state index contributed by atoms with van der Waals surface area (Å²) in [4.78, 5) is 51.1. The predicted molar refractivity (Wildman–Crippen MR) is 151 cm³/mol. The van der Waals surface area contributed by atoms with Gasteiger partial charge in [0.2, 0.25) is 11.8 Å². The van der Waals surface area contributed by atoms with Crippen LogP contribution in [0, 0.1) is 5.92 Å². The minimum Gasteiger partial charge on any atom is -0.448 e. The highest BCUT2D eigenvalue weighted by molar-refractivity contribution is 6.30. The van der Waals surface area contributed by atoms with E-state index >= 15 is 0 Å². The number of rotatable bonds is 15. The van der Waals surface area contributed by atoms with Crippen molar-refractivity contribution < 1.29 is 33.8 Å². The number of hydrogen-bond acceptors (Lipinski definition) is 7. The van der Waals surface area contributed by atoms with E-state index in [0.717, 1.165) is 37.7 Å². The van der Waals surface area contributed by atoms with Crippen molar-refractivity contribution in [3.63, 3.8) is 0 Å². The van der Waals surface area contributed by atoms with Gasteiger partial charge in [-0.25, -0.2) is 9.59 Å². The molecule has 0 spiro atoms. The van der Waals surface area contributed by atoms with Gasteiger partial charge in [-0.15, -0.1) is 0 Å². The number of hydrogen-bond donors (Lipinski definition) is 4. The first-order chi connectivity index (χ1) is 19.2. The molecule has 11 nitrogen and oxygen atoms in total. The number of alkyl carbamates (subject to hydrolysis) is 2. The van der Waals surface area contributed by atoms with Crippen LogP contribution in [0.15, 0.2) is 24.3 Å². The first-order valence-electron chi connectivity index (χ1n) is 13.9. The van der Waals surface area contributed by atoms with E-state index in [1.807, 2.05) is 0 Å².